The lowest BCUT2D eigenvalue weighted by atomic mass is 9.81. The smallest absolute Gasteiger partial charge is 0.393 e. The van der Waals surface area contributed by atoms with Crippen molar-refractivity contribution in [2.45, 2.75) is 43.6 Å². The van der Waals surface area contributed by atoms with E-state index in [-0.39, 0.29) is 24.5 Å². The molecule has 0 aromatic rings. The SMILES string of the molecule is OC(CCOCC(F)(F)F)C1CCOC2(CCOC2)C1. The minimum Gasteiger partial charge on any atom is -0.393 e. The summed E-state index contributed by atoms with van der Waals surface area (Å²) in [6.45, 7) is 0.430. The third kappa shape index (κ3) is 4.58. The second-order valence-corrected chi connectivity index (χ2v) is 5.61. The summed E-state index contributed by atoms with van der Waals surface area (Å²) in [6, 6.07) is 0. The summed E-state index contributed by atoms with van der Waals surface area (Å²) in [4.78, 5) is 0. The Kier molecular flexibility index (Phi) is 5.28. The quantitative estimate of drug-likeness (QED) is 0.788. The van der Waals surface area contributed by atoms with Crippen molar-refractivity contribution in [2.24, 2.45) is 5.92 Å². The number of aliphatic hydroxyl groups excluding tert-OH is 1. The molecule has 2 fully saturated rings. The minimum atomic E-state index is -4.31. The molecule has 0 saturated carbocycles. The van der Waals surface area contributed by atoms with Gasteiger partial charge in [-0.15, -0.1) is 0 Å². The van der Waals surface area contributed by atoms with Gasteiger partial charge in [-0.25, -0.2) is 0 Å². The fourth-order valence-corrected chi connectivity index (χ4v) is 2.89. The maximum Gasteiger partial charge on any atom is 0.411 e. The molecule has 0 bridgehead atoms. The second-order valence-electron chi connectivity index (χ2n) is 5.61. The Bertz CT molecular complexity index is 302. The molecular formula is C13H21F3O4. The van der Waals surface area contributed by atoms with Gasteiger partial charge < -0.3 is 19.3 Å². The molecule has 3 unspecified atom stereocenters. The first-order valence-corrected chi connectivity index (χ1v) is 6.94. The molecule has 0 aromatic heterocycles. The van der Waals surface area contributed by atoms with Gasteiger partial charge in [-0.1, -0.05) is 0 Å². The van der Waals surface area contributed by atoms with Gasteiger partial charge in [0.2, 0.25) is 0 Å². The van der Waals surface area contributed by atoms with E-state index in [9.17, 15) is 18.3 Å². The van der Waals surface area contributed by atoms with E-state index in [0.717, 1.165) is 12.8 Å². The first-order valence-electron chi connectivity index (χ1n) is 6.94. The van der Waals surface area contributed by atoms with Crippen molar-refractivity contribution in [3.63, 3.8) is 0 Å². The molecular weight excluding hydrogens is 277 g/mol. The summed E-state index contributed by atoms with van der Waals surface area (Å²) in [7, 11) is 0. The van der Waals surface area contributed by atoms with Crippen LogP contribution in [-0.4, -0.2) is 56.0 Å². The van der Waals surface area contributed by atoms with Gasteiger partial charge in [-0.3, -0.25) is 0 Å². The van der Waals surface area contributed by atoms with Crippen molar-refractivity contribution >= 4 is 0 Å². The van der Waals surface area contributed by atoms with Crippen molar-refractivity contribution in [3.8, 4) is 0 Å². The van der Waals surface area contributed by atoms with E-state index in [0.29, 0.717) is 26.2 Å². The molecule has 0 radical (unpaired) electrons. The van der Waals surface area contributed by atoms with Crippen LogP contribution in [-0.2, 0) is 14.2 Å². The van der Waals surface area contributed by atoms with Gasteiger partial charge in [0.1, 0.15) is 6.61 Å². The van der Waals surface area contributed by atoms with Gasteiger partial charge in [0.05, 0.1) is 18.3 Å². The molecule has 1 N–H and O–H groups in total. The lowest BCUT2D eigenvalue weighted by Gasteiger charge is -2.39. The Balaban J connectivity index is 1.70. The third-order valence-electron chi connectivity index (χ3n) is 3.97. The summed E-state index contributed by atoms with van der Waals surface area (Å²) < 4.78 is 51.4. The van der Waals surface area contributed by atoms with Crippen LogP contribution in [0.4, 0.5) is 13.2 Å². The molecule has 0 aromatic carbocycles. The number of halogens is 3. The van der Waals surface area contributed by atoms with Gasteiger partial charge in [0.15, 0.2) is 0 Å². The molecule has 1 spiro atoms. The maximum atomic E-state index is 11.9. The number of ether oxygens (including phenoxy) is 3. The molecule has 2 rings (SSSR count). The number of hydrogen-bond donors (Lipinski definition) is 1. The zero-order valence-corrected chi connectivity index (χ0v) is 11.3. The van der Waals surface area contributed by atoms with E-state index in [1.165, 1.54) is 0 Å². The third-order valence-corrected chi connectivity index (χ3v) is 3.97. The van der Waals surface area contributed by atoms with Crippen LogP contribution in [0.15, 0.2) is 0 Å². The van der Waals surface area contributed by atoms with E-state index in [1.807, 2.05) is 0 Å². The van der Waals surface area contributed by atoms with E-state index < -0.39 is 18.9 Å². The van der Waals surface area contributed by atoms with Crippen molar-refractivity contribution in [1.29, 1.82) is 0 Å². The van der Waals surface area contributed by atoms with Crippen LogP contribution < -0.4 is 0 Å². The average Bonchev–Trinajstić information content (AvgIpc) is 2.81. The largest absolute Gasteiger partial charge is 0.411 e. The highest BCUT2D eigenvalue weighted by atomic mass is 19.4. The predicted octanol–water partition coefficient (Wildman–Crippen LogP) is 1.90. The maximum absolute atomic E-state index is 11.9. The van der Waals surface area contributed by atoms with Gasteiger partial charge in [-0.05, 0) is 25.2 Å². The van der Waals surface area contributed by atoms with Crippen molar-refractivity contribution in [3.05, 3.63) is 0 Å². The molecule has 0 aliphatic carbocycles. The molecule has 3 atom stereocenters. The van der Waals surface area contributed by atoms with Gasteiger partial charge in [0, 0.05) is 26.2 Å². The van der Waals surface area contributed by atoms with E-state index >= 15 is 0 Å². The van der Waals surface area contributed by atoms with E-state index in [4.69, 9.17) is 9.47 Å². The standard InChI is InChI=1S/C13H21F3O4/c14-13(15,16)9-18-4-2-11(17)10-1-5-20-12(7-10)3-6-19-8-12/h10-11,17H,1-9H2. The van der Waals surface area contributed by atoms with Crippen LogP contribution in [0.25, 0.3) is 0 Å². The number of hydrogen-bond acceptors (Lipinski definition) is 4. The Morgan fingerprint density at radius 3 is 2.80 bits per heavy atom. The summed E-state index contributed by atoms with van der Waals surface area (Å²) in [5, 5.41) is 10.1. The molecule has 2 aliphatic rings. The molecule has 2 heterocycles. The fourth-order valence-electron chi connectivity index (χ4n) is 2.89. The minimum absolute atomic E-state index is 0.0416. The monoisotopic (exact) mass is 298 g/mol. The van der Waals surface area contributed by atoms with Crippen molar-refractivity contribution in [1.82, 2.24) is 0 Å². The lowest BCUT2D eigenvalue weighted by molar-refractivity contribution is -0.176. The Labute approximate surface area is 116 Å². The van der Waals surface area contributed by atoms with Gasteiger partial charge in [-0.2, -0.15) is 13.2 Å². The molecule has 0 amide bonds. The van der Waals surface area contributed by atoms with Crippen molar-refractivity contribution < 1.29 is 32.5 Å². The van der Waals surface area contributed by atoms with E-state index in [1.54, 1.807) is 0 Å². The summed E-state index contributed by atoms with van der Waals surface area (Å²) in [5.41, 5.74) is -0.295. The van der Waals surface area contributed by atoms with Crippen molar-refractivity contribution in [2.75, 3.05) is 33.0 Å². The Hall–Kier alpha value is -0.370. The van der Waals surface area contributed by atoms with Gasteiger partial charge in [0.25, 0.3) is 0 Å². The molecule has 2 aliphatic heterocycles. The van der Waals surface area contributed by atoms with Crippen LogP contribution in [0, 0.1) is 5.92 Å². The van der Waals surface area contributed by atoms with Crippen LogP contribution in [0.3, 0.4) is 0 Å². The Morgan fingerprint density at radius 1 is 1.35 bits per heavy atom. The summed E-state index contributed by atoms with van der Waals surface area (Å²) in [5.74, 6) is 0.0416. The molecule has 7 heteroatoms. The predicted molar refractivity (Wildman–Crippen MR) is 64.3 cm³/mol. The highest BCUT2D eigenvalue weighted by Gasteiger charge is 2.42. The van der Waals surface area contributed by atoms with E-state index in [2.05, 4.69) is 4.74 Å². The molecule has 118 valence electrons. The first kappa shape index (κ1) is 16.0. The molecule has 20 heavy (non-hydrogen) atoms. The molecule has 2 saturated heterocycles. The zero-order chi connectivity index (χ0) is 14.6. The topological polar surface area (TPSA) is 47.9 Å². The average molecular weight is 298 g/mol. The van der Waals surface area contributed by atoms with Gasteiger partial charge >= 0.3 is 6.18 Å². The number of aliphatic hydroxyl groups is 1. The summed E-state index contributed by atoms with van der Waals surface area (Å²) >= 11 is 0. The highest BCUT2D eigenvalue weighted by molar-refractivity contribution is 4.92. The summed E-state index contributed by atoms with van der Waals surface area (Å²) in [6.07, 6.45) is -2.49. The zero-order valence-electron chi connectivity index (χ0n) is 11.3. The number of alkyl halides is 3. The fraction of sp³-hybridized carbons (Fsp3) is 1.00. The van der Waals surface area contributed by atoms with Crippen LogP contribution in [0.1, 0.15) is 25.7 Å². The second kappa shape index (κ2) is 6.60. The Morgan fingerprint density at radius 2 is 2.15 bits per heavy atom. The van der Waals surface area contributed by atoms with Crippen LogP contribution in [0.2, 0.25) is 0 Å². The number of rotatable bonds is 5. The highest BCUT2D eigenvalue weighted by Crippen LogP contribution is 2.37. The van der Waals surface area contributed by atoms with Crippen LogP contribution in [0.5, 0.6) is 0 Å². The normalized spacial score (nSPS) is 32.7. The first-order chi connectivity index (χ1) is 9.40. The lowest BCUT2D eigenvalue weighted by Crippen LogP contribution is -2.43. The molecule has 4 nitrogen and oxygen atoms in total. The van der Waals surface area contributed by atoms with Crippen LogP contribution >= 0.6 is 0 Å².